The van der Waals surface area contributed by atoms with Crippen molar-refractivity contribution < 1.29 is 31.2 Å². The van der Waals surface area contributed by atoms with E-state index in [1.54, 1.807) is 0 Å². The van der Waals surface area contributed by atoms with Gasteiger partial charge in [0.1, 0.15) is 23.8 Å². The van der Waals surface area contributed by atoms with E-state index in [9.17, 15) is 31.2 Å². The normalized spacial score (nSPS) is 21.4. The van der Waals surface area contributed by atoms with Crippen molar-refractivity contribution in [2.24, 2.45) is 5.92 Å². The molecule has 2 aromatic rings. The summed E-state index contributed by atoms with van der Waals surface area (Å²) in [6.45, 7) is -0.349. The number of carbonyl (C=O) groups excluding carboxylic acids is 2. The molecule has 2 fully saturated rings. The van der Waals surface area contributed by atoms with Gasteiger partial charge in [-0.15, -0.1) is 0 Å². The van der Waals surface area contributed by atoms with Crippen LogP contribution in [0.3, 0.4) is 0 Å². The molecule has 4 rings (SSSR count). The van der Waals surface area contributed by atoms with Crippen LogP contribution < -0.4 is 5.32 Å². The molecule has 1 heterocycles. The molecule has 0 radical (unpaired) electrons. The number of carbonyl (C=O) groups is 2. The number of nitrogens with one attached hydrogen (secondary N) is 1. The number of likely N-dealkylation sites (tertiary alicyclic amines) is 1. The Kier molecular flexibility index (Phi) is 6.65. The van der Waals surface area contributed by atoms with Gasteiger partial charge in [0.2, 0.25) is 5.91 Å². The van der Waals surface area contributed by atoms with E-state index < -0.39 is 51.5 Å². The van der Waals surface area contributed by atoms with Crippen molar-refractivity contribution in [1.82, 2.24) is 10.2 Å². The lowest BCUT2D eigenvalue weighted by atomic mass is 10.0. The third kappa shape index (κ3) is 5.07. The van der Waals surface area contributed by atoms with Crippen LogP contribution in [0.5, 0.6) is 0 Å². The lowest BCUT2D eigenvalue weighted by Crippen LogP contribution is -2.47. The monoisotopic (exact) mass is 514 g/mol. The topological polar surface area (TPSA) is 83.6 Å². The van der Waals surface area contributed by atoms with E-state index in [0.717, 1.165) is 23.3 Å². The second kappa shape index (κ2) is 9.22. The molecular formula is C23H22ClF3N2O4S. The summed E-state index contributed by atoms with van der Waals surface area (Å²) in [7, 11) is -3.58. The average Bonchev–Trinajstić information content (AvgIpc) is 3.54. The molecule has 1 aliphatic heterocycles. The van der Waals surface area contributed by atoms with Crippen LogP contribution in [0, 0.1) is 17.6 Å². The molecule has 2 amide bonds. The molecule has 1 aliphatic carbocycles. The van der Waals surface area contributed by atoms with Gasteiger partial charge in [0.05, 0.1) is 22.5 Å². The van der Waals surface area contributed by atoms with E-state index >= 15 is 0 Å². The minimum Gasteiger partial charge on any atom is -0.347 e. The van der Waals surface area contributed by atoms with Crippen LogP contribution in [0.4, 0.5) is 13.2 Å². The molecule has 34 heavy (non-hydrogen) atoms. The van der Waals surface area contributed by atoms with Crippen molar-refractivity contribution in [1.29, 1.82) is 0 Å². The first-order valence-electron chi connectivity index (χ1n) is 10.7. The van der Waals surface area contributed by atoms with Gasteiger partial charge in [-0.25, -0.2) is 21.6 Å². The molecule has 11 heteroatoms. The minimum atomic E-state index is -3.58. The van der Waals surface area contributed by atoms with E-state index in [0.29, 0.717) is 12.8 Å². The third-order valence-corrected chi connectivity index (χ3v) is 7.49. The molecule has 1 saturated carbocycles. The third-order valence-electron chi connectivity index (χ3n) is 6.09. The Morgan fingerprint density at radius 1 is 1.15 bits per heavy atom. The highest BCUT2D eigenvalue weighted by Crippen LogP contribution is 2.42. The van der Waals surface area contributed by atoms with Gasteiger partial charge < -0.3 is 10.2 Å². The molecule has 2 aromatic carbocycles. The minimum absolute atomic E-state index is 0.000570. The highest BCUT2D eigenvalue weighted by molar-refractivity contribution is 7.90. The highest BCUT2D eigenvalue weighted by Gasteiger charge is 2.43. The fourth-order valence-electron chi connectivity index (χ4n) is 4.19. The van der Waals surface area contributed by atoms with E-state index in [4.69, 9.17) is 11.6 Å². The maximum absolute atomic E-state index is 14.5. The first-order chi connectivity index (χ1) is 16.0. The van der Waals surface area contributed by atoms with E-state index in [1.165, 1.54) is 24.3 Å². The maximum Gasteiger partial charge on any atom is 0.254 e. The van der Waals surface area contributed by atoms with E-state index in [2.05, 4.69) is 5.32 Å². The van der Waals surface area contributed by atoms with Crippen LogP contribution in [0.25, 0.3) is 0 Å². The van der Waals surface area contributed by atoms with Gasteiger partial charge in [0, 0.05) is 23.8 Å². The first kappa shape index (κ1) is 24.5. The molecule has 0 unspecified atom stereocenters. The van der Waals surface area contributed by atoms with Crippen LogP contribution >= 0.6 is 11.6 Å². The zero-order valence-electron chi connectivity index (χ0n) is 18.1. The summed E-state index contributed by atoms with van der Waals surface area (Å²) >= 11 is 5.64. The van der Waals surface area contributed by atoms with Crippen molar-refractivity contribution in [2.75, 3.05) is 12.8 Å². The van der Waals surface area contributed by atoms with Crippen LogP contribution in [0.2, 0.25) is 5.02 Å². The first-order valence-corrected chi connectivity index (χ1v) is 12.9. The number of hydrogen-bond acceptors (Lipinski definition) is 4. The Morgan fingerprint density at radius 2 is 1.85 bits per heavy atom. The molecule has 6 nitrogen and oxygen atoms in total. The number of alkyl halides is 1. The summed E-state index contributed by atoms with van der Waals surface area (Å²) in [4.78, 5) is 27.2. The van der Waals surface area contributed by atoms with E-state index in [-0.39, 0.29) is 39.9 Å². The summed E-state index contributed by atoms with van der Waals surface area (Å²) in [5.41, 5.74) is -0.0642. The van der Waals surface area contributed by atoms with Gasteiger partial charge in [0.15, 0.2) is 9.84 Å². The summed E-state index contributed by atoms with van der Waals surface area (Å²) < 4.78 is 66.6. The van der Waals surface area contributed by atoms with Crippen molar-refractivity contribution in [3.05, 3.63) is 64.2 Å². The summed E-state index contributed by atoms with van der Waals surface area (Å²) in [6, 6.07) is 5.02. The number of nitrogens with zero attached hydrogens (tertiary/aromatic N) is 1. The molecular weight excluding hydrogens is 493 g/mol. The van der Waals surface area contributed by atoms with Gasteiger partial charge in [-0.05, 0) is 49.1 Å². The number of rotatable bonds is 6. The Balaban J connectivity index is 1.58. The number of amides is 2. The fraction of sp³-hybridized carbons (Fsp3) is 0.391. The lowest BCUT2D eigenvalue weighted by molar-refractivity contribution is -0.125. The van der Waals surface area contributed by atoms with Crippen molar-refractivity contribution in [3.8, 4) is 0 Å². The number of sulfone groups is 1. The van der Waals surface area contributed by atoms with Crippen LogP contribution in [-0.4, -0.2) is 50.1 Å². The predicted molar refractivity (Wildman–Crippen MR) is 119 cm³/mol. The van der Waals surface area contributed by atoms with Gasteiger partial charge in [-0.3, -0.25) is 9.59 Å². The molecule has 0 bridgehead atoms. The second-order valence-corrected chi connectivity index (χ2v) is 11.1. The van der Waals surface area contributed by atoms with Gasteiger partial charge >= 0.3 is 0 Å². The molecule has 0 aromatic heterocycles. The second-order valence-electron chi connectivity index (χ2n) is 8.72. The summed E-state index contributed by atoms with van der Waals surface area (Å²) in [6.07, 6.45) is 0.634. The number of hydrogen-bond donors (Lipinski definition) is 1. The van der Waals surface area contributed by atoms with Crippen molar-refractivity contribution >= 4 is 33.3 Å². The van der Waals surface area contributed by atoms with E-state index in [1.807, 2.05) is 0 Å². The van der Waals surface area contributed by atoms with Gasteiger partial charge in [-0.2, -0.15) is 0 Å². The highest BCUT2D eigenvalue weighted by atomic mass is 35.5. The van der Waals surface area contributed by atoms with Gasteiger partial charge in [-0.1, -0.05) is 17.7 Å². The standard InChI is InChI=1S/C23H22ClF3N2O4S/c1-34(32,33)15-4-2-3-13(7-15)23(31)29-11-14(25)8-20(29)22(30)28-21(12-5-6-12)16-9-19(27)17(24)10-18(16)26/h2-4,7,9-10,12,14,20-21H,5-6,8,11H2,1H3,(H,28,30)/t14-,20+,21+/m0/s1. The number of halogens is 4. The molecule has 1 saturated heterocycles. The van der Waals surface area contributed by atoms with Gasteiger partial charge in [0.25, 0.3) is 5.91 Å². The summed E-state index contributed by atoms with van der Waals surface area (Å²) in [5, 5.41) is 2.29. The molecule has 182 valence electrons. The van der Waals surface area contributed by atoms with Crippen molar-refractivity contribution in [2.45, 2.75) is 42.4 Å². The predicted octanol–water partition coefficient (Wildman–Crippen LogP) is 3.84. The Labute approximate surface area is 200 Å². The Morgan fingerprint density at radius 3 is 2.50 bits per heavy atom. The molecule has 2 aliphatic rings. The Bertz CT molecular complexity index is 1250. The number of benzene rings is 2. The lowest BCUT2D eigenvalue weighted by Gasteiger charge is -2.27. The van der Waals surface area contributed by atoms with Crippen molar-refractivity contribution in [3.63, 3.8) is 0 Å². The molecule has 1 N–H and O–H groups in total. The molecule has 3 atom stereocenters. The largest absolute Gasteiger partial charge is 0.347 e. The SMILES string of the molecule is CS(=O)(=O)c1cccc(C(=O)N2C[C@@H](F)C[C@@H]2C(=O)N[C@@H](c2cc(F)c(Cl)cc2F)C2CC2)c1. The zero-order chi connectivity index (χ0) is 24.8. The van der Waals surface area contributed by atoms with Crippen LogP contribution in [0.15, 0.2) is 41.3 Å². The summed E-state index contributed by atoms with van der Waals surface area (Å²) in [5.74, 6) is -3.12. The zero-order valence-corrected chi connectivity index (χ0v) is 19.7. The Hall–Kier alpha value is -2.59. The van der Waals surface area contributed by atoms with Crippen LogP contribution in [0.1, 0.15) is 41.2 Å². The fourth-order valence-corrected chi connectivity index (χ4v) is 5.01. The van der Waals surface area contributed by atoms with Crippen LogP contribution in [-0.2, 0) is 14.6 Å². The average molecular weight is 515 g/mol. The smallest absolute Gasteiger partial charge is 0.254 e. The molecule has 0 spiro atoms. The quantitative estimate of drug-likeness (QED) is 0.594. The maximum atomic E-state index is 14.5.